The van der Waals surface area contributed by atoms with E-state index in [1.54, 1.807) is 12.1 Å². The summed E-state index contributed by atoms with van der Waals surface area (Å²) in [7, 11) is 0. The average molecular weight is 468 g/mol. The van der Waals surface area contributed by atoms with Crippen molar-refractivity contribution in [1.29, 1.82) is 0 Å². The molecule has 0 aromatic carbocycles. The third-order valence-electron chi connectivity index (χ3n) is 6.29. The number of anilines is 4. The van der Waals surface area contributed by atoms with Crippen LogP contribution in [0.5, 0.6) is 0 Å². The van der Waals surface area contributed by atoms with Crippen LogP contribution in [-0.2, 0) is 6.18 Å². The number of aromatic nitrogens is 2. The van der Waals surface area contributed by atoms with Crippen molar-refractivity contribution in [2.45, 2.75) is 37.3 Å². The van der Waals surface area contributed by atoms with Gasteiger partial charge in [0.25, 0.3) is 5.92 Å². The van der Waals surface area contributed by atoms with Gasteiger partial charge in [0, 0.05) is 63.2 Å². The van der Waals surface area contributed by atoms with Gasteiger partial charge in [-0.05, 0) is 30.4 Å². The summed E-state index contributed by atoms with van der Waals surface area (Å²) in [6, 6.07) is 4.51. The Hall–Kier alpha value is -2.69. The summed E-state index contributed by atoms with van der Waals surface area (Å²) in [5.74, 6) is -2.22. The number of pyridine rings is 2. The zero-order valence-electron chi connectivity index (χ0n) is 17.9. The van der Waals surface area contributed by atoms with Crippen LogP contribution in [0.25, 0.3) is 0 Å². The number of rotatable bonds is 5. The van der Waals surface area contributed by atoms with Crippen LogP contribution >= 0.6 is 0 Å². The number of nitrogens with one attached hydrogen (secondary N) is 2. The van der Waals surface area contributed by atoms with Crippen LogP contribution < -0.4 is 20.4 Å². The SMILES string of the molecule is FC1(F)CCN(c2cc(N3CCNCC3)cc(Nc3cc(C(F)(F)F)c(C4CC4)cn3)n2)C1. The molecule has 0 atom stereocenters. The van der Waals surface area contributed by atoms with Crippen LogP contribution in [0.15, 0.2) is 24.4 Å². The molecule has 33 heavy (non-hydrogen) atoms. The fourth-order valence-electron chi connectivity index (χ4n) is 4.40. The van der Waals surface area contributed by atoms with Crippen molar-refractivity contribution < 1.29 is 22.0 Å². The highest BCUT2D eigenvalue weighted by molar-refractivity contribution is 5.66. The lowest BCUT2D eigenvalue weighted by atomic mass is 10.1. The fourth-order valence-corrected chi connectivity index (χ4v) is 4.40. The maximum atomic E-state index is 13.8. The van der Waals surface area contributed by atoms with Gasteiger partial charge in [0.1, 0.15) is 17.5 Å². The van der Waals surface area contributed by atoms with Crippen molar-refractivity contribution in [3.05, 3.63) is 35.5 Å². The highest BCUT2D eigenvalue weighted by Crippen LogP contribution is 2.46. The first-order valence-electron chi connectivity index (χ1n) is 11.1. The number of piperazine rings is 1. The monoisotopic (exact) mass is 468 g/mol. The second kappa shape index (κ2) is 8.27. The lowest BCUT2D eigenvalue weighted by molar-refractivity contribution is -0.138. The molecule has 0 bridgehead atoms. The number of alkyl halides is 5. The highest BCUT2D eigenvalue weighted by atomic mass is 19.4. The first-order valence-corrected chi connectivity index (χ1v) is 11.1. The van der Waals surface area contributed by atoms with Gasteiger partial charge in [-0.15, -0.1) is 0 Å². The quantitative estimate of drug-likeness (QED) is 0.636. The van der Waals surface area contributed by atoms with Crippen LogP contribution in [0.2, 0.25) is 0 Å². The molecule has 1 aliphatic carbocycles. The van der Waals surface area contributed by atoms with Gasteiger partial charge in [0.05, 0.1) is 12.1 Å². The first-order chi connectivity index (χ1) is 15.7. The Morgan fingerprint density at radius 2 is 1.76 bits per heavy atom. The number of nitrogens with zero attached hydrogens (tertiary/aromatic N) is 4. The normalized spacial score (nSPS) is 20.9. The molecule has 11 heteroatoms. The van der Waals surface area contributed by atoms with Crippen molar-refractivity contribution in [2.24, 2.45) is 0 Å². The van der Waals surface area contributed by atoms with Gasteiger partial charge in [0.15, 0.2) is 0 Å². The fraction of sp³-hybridized carbons (Fsp3) is 0.545. The summed E-state index contributed by atoms with van der Waals surface area (Å²) in [6.07, 6.45) is -2.00. The van der Waals surface area contributed by atoms with Crippen molar-refractivity contribution in [3.8, 4) is 0 Å². The summed E-state index contributed by atoms with van der Waals surface area (Å²) in [5, 5.41) is 6.15. The zero-order valence-corrected chi connectivity index (χ0v) is 17.9. The number of hydrogen-bond acceptors (Lipinski definition) is 6. The van der Waals surface area contributed by atoms with E-state index < -0.39 is 24.2 Å². The van der Waals surface area contributed by atoms with Crippen LogP contribution in [0, 0.1) is 0 Å². The van der Waals surface area contributed by atoms with E-state index >= 15 is 0 Å². The van der Waals surface area contributed by atoms with Gasteiger partial charge in [-0.2, -0.15) is 13.2 Å². The van der Waals surface area contributed by atoms with E-state index in [9.17, 15) is 22.0 Å². The van der Waals surface area contributed by atoms with Gasteiger partial charge >= 0.3 is 6.18 Å². The predicted octanol–water partition coefficient (Wildman–Crippen LogP) is 4.37. The van der Waals surface area contributed by atoms with Gasteiger partial charge in [-0.1, -0.05) is 0 Å². The molecule has 0 radical (unpaired) electrons. The van der Waals surface area contributed by atoms with Crippen molar-refractivity contribution in [1.82, 2.24) is 15.3 Å². The minimum Gasteiger partial charge on any atom is -0.369 e. The Morgan fingerprint density at radius 3 is 2.39 bits per heavy atom. The Kier molecular flexibility index (Phi) is 5.54. The molecule has 2 aromatic rings. The standard InChI is InChI=1S/C22H25F5N6/c23-21(24)3-6-33(13-21)20-10-15(32-7-4-28-5-8-32)9-19(31-20)30-18-11-17(22(25,26)27)16(12-29-18)14-1-2-14/h9-12,14,28H,1-8,13H2,(H,29,30,31). The molecule has 3 fully saturated rings. The Balaban J connectivity index is 1.47. The molecule has 2 N–H and O–H groups in total. The van der Waals surface area contributed by atoms with Crippen LogP contribution in [-0.4, -0.2) is 55.2 Å². The predicted molar refractivity (Wildman–Crippen MR) is 116 cm³/mol. The minimum absolute atomic E-state index is 0.0226. The average Bonchev–Trinajstić information content (AvgIpc) is 3.56. The summed E-state index contributed by atoms with van der Waals surface area (Å²) in [6.45, 7) is 2.74. The third-order valence-corrected chi connectivity index (χ3v) is 6.29. The van der Waals surface area contributed by atoms with Crippen LogP contribution in [0.1, 0.15) is 36.3 Å². The zero-order chi connectivity index (χ0) is 23.2. The molecular formula is C22H25F5N6. The molecule has 4 heterocycles. The molecule has 2 saturated heterocycles. The van der Waals surface area contributed by atoms with E-state index in [4.69, 9.17) is 0 Å². The second-order valence-electron chi connectivity index (χ2n) is 8.89. The molecule has 0 amide bonds. The molecule has 5 rings (SSSR count). The Labute approximate surface area is 188 Å². The number of hydrogen-bond donors (Lipinski definition) is 2. The largest absolute Gasteiger partial charge is 0.416 e. The van der Waals surface area contributed by atoms with Gasteiger partial charge < -0.3 is 20.4 Å². The minimum atomic E-state index is -4.49. The number of halogens is 5. The Bertz CT molecular complexity index is 1020. The van der Waals surface area contributed by atoms with Gasteiger partial charge in [0.2, 0.25) is 0 Å². The summed E-state index contributed by atoms with van der Waals surface area (Å²) in [5.41, 5.74) is 0.306. The van der Waals surface area contributed by atoms with Gasteiger partial charge in [-0.25, -0.2) is 18.7 Å². The lowest BCUT2D eigenvalue weighted by Gasteiger charge is -2.30. The molecule has 0 unspecified atom stereocenters. The summed E-state index contributed by atoms with van der Waals surface area (Å²) >= 11 is 0. The summed E-state index contributed by atoms with van der Waals surface area (Å²) in [4.78, 5) is 12.3. The smallest absolute Gasteiger partial charge is 0.369 e. The topological polar surface area (TPSA) is 56.3 Å². The van der Waals surface area contributed by atoms with E-state index in [2.05, 4.69) is 25.5 Å². The van der Waals surface area contributed by atoms with E-state index in [1.807, 2.05) is 0 Å². The Morgan fingerprint density at radius 1 is 1.00 bits per heavy atom. The van der Waals surface area contributed by atoms with Crippen molar-refractivity contribution in [2.75, 3.05) is 54.4 Å². The van der Waals surface area contributed by atoms with E-state index in [0.717, 1.165) is 50.8 Å². The molecule has 6 nitrogen and oxygen atoms in total. The van der Waals surface area contributed by atoms with Gasteiger partial charge in [-0.3, -0.25) is 0 Å². The molecule has 2 aromatic heterocycles. The molecule has 0 spiro atoms. The van der Waals surface area contributed by atoms with Crippen LogP contribution in [0.3, 0.4) is 0 Å². The van der Waals surface area contributed by atoms with Crippen molar-refractivity contribution >= 4 is 23.1 Å². The molecular weight excluding hydrogens is 443 g/mol. The highest BCUT2D eigenvalue weighted by Gasteiger charge is 2.40. The van der Waals surface area contributed by atoms with E-state index in [0.29, 0.717) is 5.82 Å². The maximum absolute atomic E-state index is 13.8. The molecule has 1 saturated carbocycles. The van der Waals surface area contributed by atoms with E-state index in [-0.39, 0.29) is 36.1 Å². The van der Waals surface area contributed by atoms with Crippen molar-refractivity contribution in [3.63, 3.8) is 0 Å². The molecule has 2 aliphatic heterocycles. The lowest BCUT2D eigenvalue weighted by Crippen LogP contribution is -2.43. The summed E-state index contributed by atoms with van der Waals surface area (Å²) < 4.78 is 68.6. The van der Waals surface area contributed by atoms with E-state index in [1.165, 1.54) is 11.1 Å². The molecule has 3 aliphatic rings. The third kappa shape index (κ3) is 4.97. The maximum Gasteiger partial charge on any atom is 0.416 e. The second-order valence-corrected chi connectivity index (χ2v) is 8.89. The van der Waals surface area contributed by atoms with Crippen LogP contribution in [0.4, 0.5) is 45.1 Å². The first kappa shape index (κ1) is 22.1. The molecule has 178 valence electrons.